The van der Waals surface area contributed by atoms with Crippen molar-refractivity contribution in [3.8, 4) is 6.07 Å². The van der Waals surface area contributed by atoms with Crippen LogP contribution in [-0.4, -0.2) is 9.38 Å². The third kappa shape index (κ3) is 1.76. The van der Waals surface area contributed by atoms with E-state index in [0.29, 0.717) is 5.56 Å². The highest BCUT2D eigenvalue weighted by molar-refractivity contribution is 5.85. The molecule has 3 aromatic rings. The van der Waals surface area contributed by atoms with Crippen LogP contribution in [0.2, 0.25) is 0 Å². The van der Waals surface area contributed by atoms with Gasteiger partial charge in [0, 0.05) is 17.0 Å². The second kappa shape index (κ2) is 4.44. The summed E-state index contributed by atoms with van der Waals surface area (Å²) in [5.41, 5.74) is 10.0. The van der Waals surface area contributed by atoms with Crippen molar-refractivity contribution in [3.63, 3.8) is 0 Å². The van der Waals surface area contributed by atoms with Gasteiger partial charge in [0.05, 0.1) is 16.6 Å². The molecular formula is C13H6F2N6. The average Bonchev–Trinajstić information content (AvgIpc) is 2.78. The van der Waals surface area contributed by atoms with Crippen LogP contribution in [-0.2, 0) is 0 Å². The van der Waals surface area contributed by atoms with Crippen LogP contribution in [0.15, 0.2) is 23.3 Å². The predicted octanol–water partition coefficient (Wildman–Crippen LogP) is 3.89. The molecule has 0 fully saturated rings. The highest BCUT2D eigenvalue weighted by atomic mass is 19.2. The summed E-state index contributed by atoms with van der Waals surface area (Å²) in [5.74, 6) is -1.93. The summed E-state index contributed by atoms with van der Waals surface area (Å²) < 4.78 is 28.1. The highest BCUT2D eigenvalue weighted by Crippen LogP contribution is 2.29. The van der Waals surface area contributed by atoms with Crippen LogP contribution in [0, 0.1) is 29.9 Å². The van der Waals surface area contributed by atoms with Crippen molar-refractivity contribution in [1.29, 1.82) is 5.26 Å². The van der Waals surface area contributed by atoms with Gasteiger partial charge in [-0.15, -0.1) is 0 Å². The topological polar surface area (TPSA) is 89.8 Å². The van der Waals surface area contributed by atoms with E-state index in [2.05, 4.69) is 15.0 Å². The molecule has 0 saturated heterocycles. The Morgan fingerprint density at radius 2 is 2.05 bits per heavy atom. The van der Waals surface area contributed by atoms with E-state index in [1.165, 1.54) is 10.5 Å². The molecule has 102 valence electrons. The maximum absolute atomic E-state index is 13.4. The number of aromatic nitrogens is 2. The maximum atomic E-state index is 13.4. The van der Waals surface area contributed by atoms with Crippen LogP contribution >= 0.6 is 0 Å². The van der Waals surface area contributed by atoms with Crippen LogP contribution in [0.5, 0.6) is 0 Å². The number of fused-ring (bicyclic) bond motifs is 3. The van der Waals surface area contributed by atoms with Crippen LogP contribution in [0.3, 0.4) is 0 Å². The van der Waals surface area contributed by atoms with Crippen molar-refractivity contribution in [3.05, 3.63) is 51.4 Å². The molecule has 0 radical (unpaired) electrons. The number of rotatable bonds is 1. The smallest absolute Gasteiger partial charge is 0.161 e. The monoisotopic (exact) mass is 284 g/mol. The molecule has 0 saturated carbocycles. The van der Waals surface area contributed by atoms with Gasteiger partial charge in [0.15, 0.2) is 17.3 Å². The van der Waals surface area contributed by atoms with Gasteiger partial charge in [-0.3, -0.25) is 4.40 Å². The Balaban J connectivity index is 2.63. The minimum atomic E-state index is -1.05. The number of nitrogens with zero attached hydrogens (tertiary/aromatic N) is 6. The van der Waals surface area contributed by atoms with Crippen molar-refractivity contribution >= 4 is 22.5 Å². The predicted molar refractivity (Wildman–Crippen MR) is 70.9 cm³/mol. The standard InChI is InChI=1S/C13H6F2N6/c1-6-2-12(19-20-17)21-11-4-9(15)8(14)3-10(11)18-13(21)7(6)5-16/h2-4H,1H3. The van der Waals surface area contributed by atoms with Crippen molar-refractivity contribution in [1.82, 2.24) is 9.38 Å². The highest BCUT2D eigenvalue weighted by Gasteiger charge is 2.16. The SMILES string of the molecule is Cc1cc(N=[N+]=[N-])n2c(nc3cc(F)c(F)cc32)c1C#N. The van der Waals surface area contributed by atoms with Gasteiger partial charge in [0.1, 0.15) is 11.9 Å². The molecule has 0 N–H and O–H groups in total. The number of azide groups is 1. The number of imidazole rings is 1. The number of halogens is 2. The summed E-state index contributed by atoms with van der Waals surface area (Å²) in [7, 11) is 0. The Bertz CT molecular complexity index is 992. The Kier molecular flexibility index (Phi) is 2.71. The van der Waals surface area contributed by atoms with Crippen LogP contribution in [0.4, 0.5) is 14.6 Å². The first kappa shape index (κ1) is 12.8. The molecule has 0 bridgehead atoms. The number of benzene rings is 1. The summed E-state index contributed by atoms with van der Waals surface area (Å²) in [6.07, 6.45) is 0. The van der Waals surface area contributed by atoms with E-state index in [0.717, 1.165) is 12.1 Å². The fourth-order valence-electron chi connectivity index (χ4n) is 2.24. The fraction of sp³-hybridized carbons (Fsp3) is 0.0769. The molecule has 3 rings (SSSR count). The van der Waals surface area contributed by atoms with Crippen molar-refractivity contribution in [2.45, 2.75) is 6.92 Å². The lowest BCUT2D eigenvalue weighted by Crippen LogP contribution is -1.93. The second-order valence-electron chi connectivity index (χ2n) is 4.39. The van der Waals surface area contributed by atoms with E-state index in [1.807, 2.05) is 6.07 Å². The number of hydrogen-bond acceptors (Lipinski definition) is 3. The quantitative estimate of drug-likeness (QED) is 0.385. The van der Waals surface area contributed by atoms with E-state index in [1.54, 1.807) is 6.92 Å². The first-order valence-electron chi connectivity index (χ1n) is 5.83. The molecule has 0 aliphatic heterocycles. The Labute approximate surface area is 116 Å². The second-order valence-corrected chi connectivity index (χ2v) is 4.39. The molecule has 0 unspecified atom stereocenters. The molecule has 0 amide bonds. The van der Waals surface area contributed by atoms with Gasteiger partial charge >= 0.3 is 0 Å². The van der Waals surface area contributed by atoms with Crippen LogP contribution in [0.25, 0.3) is 27.1 Å². The van der Waals surface area contributed by atoms with Gasteiger partial charge in [-0.2, -0.15) is 5.26 Å². The third-order valence-corrected chi connectivity index (χ3v) is 3.15. The lowest BCUT2D eigenvalue weighted by atomic mass is 10.1. The zero-order valence-corrected chi connectivity index (χ0v) is 10.7. The summed E-state index contributed by atoms with van der Waals surface area (Å²) in [6, 6.07) is 5.38. The number of aryl methyl sites for hydroxylation is 1. The number of pyridine rings is 1. The first-order chi connectivity index (χ1) is 10.1. The van der Waals surface area contributed by atoms with E-state index in [-0.39, 0.29) is 28.1 Å². The molecule has 0 spiro atoms. The third-order valence-electron chi connectivity index (χ3n) is 3.15. The Morgan fingerprint density at radius 1 is 1.33 bits per heavy atom. The summed E-state index contributed by atoms with van der Waals surface area (Å²) in [5, 5.41) is 12.7. The largest absolute Gasteiger partial charge is 0.289 e. The fourth-order valence-corrected chi connectivity index (χ4v) is 2.24. The van der Waals surface area contributed by atoms with Gasteiger partial charge in [-0.25, -0.2) is 13.8 Å². The first-order valence-corrected chi connectivity index (χ1v) is 5.83. The number of nitriles is 1. The lowest BCUT2D eigenvalue weighted by Gasteiger charge is -2.05. The Morgan fingerprint density at radius 3 is 2.71 bits per heavy atom. The molecule has 1 aromatic carbocycles. The lowest BCUT2D eigenvalue weighted by molar-refractivity contribution is 0.510. The van der Waals surface area contributed by atoms with Gasteiger partial charge in [-0.05, 0) is 29.2 Å². The molecule has 6 nitrogen and oxygen atoms in total. The molecule has 21 heavy (non-hydrogen) atoms. The minimum absolute atomic E-state index is 0.150. The molecule has 8 heteroatoms. The molecule has 2 heterocycles. The molecular weight excluding hydrogens is 278 g/mol. The Hall–Kier alpha value is -3.17. The van der Waals surface area contributed by atoms with E-state index >= 15 is 0 Å². The summed E-state index contributed by atoms with van der Waals surface area (Å²) >= 11 is 0. The van der Waals surface area contributed by atoms with Crippen molar-refractivity contribution < 1.29 is 8.78 Å². The van der Waals surface area contributed by atoms with Crippen molar-refractivity contribution in [2.75, 3.05) is 0 Å². The summed E-state index contributed by atoms with van der Waals surface area (Å²) in [4.78, 5) is 6.85. The zero-order valence-electron chi connectivity index (χ0n) is 10.7. The minimum Gasteiger partial charge on any atom is -0.289 e. The van der Waals surface area contributed by atoms with Gasteiger partial charge < -0.3 is 0 Å². The molecule has 0 aliphatic rings. The zero-order chi connectivity index (χ0) is 15.1. The molecule has 2 aromatic heterocycles. The van der Waals surface area contributed by atoms with E-state index < -0.39 is 11.6 Å². The van der Waals surface area contributed by atoms with Gasteiger partial charge in [-0.1, -0.05) is 0 Å². The number of hydrogen-bond donors (Lipinski definition) is 0. The normalized spacial score (nSPS) is 10.6. The van der Waals surface area contributed by atoms with E-state index in [4.69, 9.17) is 5.53 Å². The van der Waals surface area contributed by atoms with Crippen LogP contribution < -0.4 is 0 Å². The molecule has 0 atom stereocenters. The van der Waals surface area contributed by atoms with E-state index in [9.17, 15) is 14.0 Å². The van der Waals surface area contributed by atoms with Gasteiger partial charge in [0.25, 0.3) is 0 Å². The van der Waals surface area contributed by atoms with Crippen LogP contribution in [0.1, 0.15) is 11.1 Å². The average molecular weight is 284 g/mol. The molecule has 0 aliphatic carbocycles. The van der Waals surface area contributed by atoms with Gasteiger partial charge in [0.2, 0.25) is 0 Å². The summed E-state index contributed by atoms with van der Waals surface area (Å²) in [6.45, 7) is 1.66. The van der Waals surface area contributed by atoms with Crippen molar-refractivity contribution in [2.24, 2.45) is 5.11 Å². The maximum Gasteiger partial charge on any atom is 0.161 e.